The standard InChI is InChI=1S/C13H19N5O/c1-4-14-10(2)11-6-5-7-12(8-11)19-9-13-15-17-18(3)16-13/h5-8,10,14H,4,9H2,1-3H3. The van der Waals surface area contributed by atoms with Crippen LogP contribution in [0.1, 0.15) is 31.3 Å². The molecule has 6 heteroatoms. The Morgan fingerprint density at radius 2 is 2.26 bits per heavy atom. The molecule has 0 fully saturated rings. The summed E-state index contributed by atoms with van der Waals surface area (Å²) in [5.74, 6) is 1.39. The molecular weight excluding hydrogens is 242 g/mol. The predicted octanol–water partition coefficient (Wildman–Crippen LogP) is 1.46. The number of benzene rings is 1. The molecule has 2 rings (SSSR count). The van der Waals surface area contributed by atoms with E-state index in [4.69, 9.17) is 4.74 Å². The van der Waals surface area contributed by atoms with E-state index in [2.05, 4.69) is 40.6 Å². The number of rotatable bonds is 6. The lowest BCUT2D eigenvalue weighted by Gasteiger charge is -2.13. The van der Waals surface area contributed by atoms with Crippen molar-refractivity contribution in [3.05, 3.63) is 35.7 Å². The van der Waals surface area contributed by atoms with Gasteiger partial charge in [-0.3, -0.25) is 0 Å². The van der Waals surface area contributed by atoms with Gasteiger partial charge in [0.2, 0.25) is 5.82 Å². The third kappa shape index (κ3) is 3.75. The molecule has 0 saturated carbocycles. The predicted molar refractivity (Wildman–Crippen MR) is 71.7 cm³/mol. The van der Waals surface area contributed by atoms with Crippen LogP contribution >= 0.6 is 0 Å². The normalized spacial score (nSPS) is 12.4. The third-order valence-corrected chi connectivity index (χ3v) is 2.79. The maximum absolute atomic E-state index is 5.67. The molecule has 0 bridgehead atoms. The Kier molecular flexibility index (Phi) is 4.46. The molecule has 0 spiro atoms. The summed E-state index contributed by atoms with van der Waals surface area (Å²) in [4.78, 5) is 1.42. The van der Waals surface area contributed by atoms with Gasteiger partial charge in [-0.05, 0) is 36.4 Å². The van der Waals surface area contributed by atoms with E-state index in [-0.39, 0.29) is 0 Å². The second kappa shape index (κ2) is 6.29. The van der Waals surface area contributed by atoms with Gasteiger partial charge in [-0.25, -0.2) is 0 Å². The van der Waals surface area contributed by atoms with E-state index < -0.39 is 0 Å². The van der Waals surface area contributed by atoms with Crippen LogP contribution in [0.4, 0.5) is 0 Å². The minimum atomic E-state index is 0.309. The average molecular weight is 261 g/mol. The number of aryl methyl sites for hydroxylation is 1. The highest BCUT2D eigenvalue weighted by atomic mass is 16.5. The molecule has 1 unspecified atom stereocenters. The van der Waals surface area contributed by atoms with Gasteiger partial charge in [-0.2, -0.15) is 4.80 Å². The van der Waals surface area contributed by atoms with Crippen LogP contribution in [0.5, 0.6) is 5.75 Å². The molecule has 0 saturated heterocycles. The smallest absolute Gasteiger partial charge is 0.212 e. The Morgan fingerprint density at radius 3 is 2.95 bits per heavy atom. The SMILES string of the molecule is CCNC(C)c1cccc(OCc2nnn(C)n2)c1. The quantitative estimate of drug-likeness (QED) is 0.852. The fraction of sp³-hybridized carbons (Fsp3) is 0.462. The van der Waals surface area contributed by atoms with Gasteiger partial charge in [0, 0.05) is 6.04 Å². The summed E-state index contributed by atoms with van der Waals surface area (Å²) < 4.78 is 5.67. The molecule has 1 heterocycles. The summed E-state index contributed by atoms with van der Waals surface area (Å²) in [5, 5.41) is 15.1. The van der Waals surface area contributed by atoms with Crippen molar-refractivity contribution in [1.29, 1.82) is 0 Å². The van der Waals surface area contributed by atoms with E-state index >= 15 is 0 Å². The molecule has 6 nitrogen and oxygen atoms in total. The van der Waals surface area contributed by atoms with Crippen molar-refractivity contribution in [2.75, 3.05) is 6.54 Å². The van der Waals surface area contributed by atoms with Crippen molar-refractivity contribution < 1.29 is 4.74 Å². The maximum atomic E-state index is 5.67. The minimum absolute atomic E-state index is 0.309. The van der Waals surface area contributed by atoms with Gasteiger partial charge in [0.05, 0.1) is 7.05 Å². The van der Waals surface area contributed by atoms with E-state index in [9.17, 15) is 0 Å². The molecule has 19 heavy (non-hydrogen) atoms. The number of ether oxygens (including phenoxy) is 1. The van der Waals surface area contributed by atoms with Crippen LogP contribution in [0, 0.1) is 0 Å². The van der Waals surface area contributed by atoms with Crippen molar-refractivity contribution >= 4 is 0 Å². The Labute approximate surface area is 112 Å². The van der Waals surface area contributed by atoms with E-state index in [1.165, 1.54) is 10.4 Å². The summed E-state index contributed by atoms with van der Waals surface area (Å²) >= 11 is 0. The zero-order valence-corrected chi connectivity index (χ0v) is 11.5. The number of aromatic nitrogens is 4. The summed E-state index contributed by atoms with van der Waals surface area (Å²) in [6, 6.07) is 8.34. The second-order valence-corrected chi connectivity index (χ2v) is 4.34. The number of nitrogens with one attached hydrogen (secondary N) is 1. The van der Waals surface area contributed by atoms with Crippen LogP contribution in [-0.2, 0) is 13.7 Å². The van der Waals surface area contributed by atoms with Gasteiger partial charge in [-0.1, -0.05) is 19.1 Å². The van der Waals surface area contributed by atoms with E-state index in [1.54, 1.807) is 7.05 Å². The first-order valence-electron chi connectivity index (χ1n) is 6.38. The largest absolute Gasteiger partial charge is 0.485 e. The van der Waals surface area contributed by atoms with Crippen molar-refractivity contribution in [3.8, 4) is 5.75 Å². The molecular formula is C13H19N5O. The fourth-order valence-electron chi connectivity index (χ4n) is 1.83. The first kappa shape index (κ1) is 13.5. The molecule has 1 N–H and O–H groups in total. The summed E-state index contributed by atoms with van der Waals surface area (Å²) in [6.07, 6.45) is 0. The zero-order valence-electron chi connectivity index (χ0n) is 11.5. The first-order valence-corrected chi connectivity index (χ1v) is 6.38. The molecule has 2 aromatic rings. The molecule has 1 aromatic carbocycles. The Hall–Kier alpha value is -1.95. The number of hydrogen-bond acceptors (Lipinski definition) is 5. The molecule has 0 aliphatic heterocycles. The molecule has 0 radical (unpaired) electrons. The lowest BCUT2D eigenvalue weighted by atomic mass is 10.1. The van der Waals surface area contributed by atoms with E-state index in [0.717, 1.165) is 12.3 Å². The minimum Gasteiger partial charge on any atom is -0.485 e. The second-order valence-electron chi connectivity index (χ2n) is 4.34. The van der Waals surface area contributed by atoms with Gasteiger partial charge in [0.25, 0.3) is 0 Å². The number of nitrogens with zero attached hydrogens (tertiary/aromatic N) is 4. The highest BCUT2D eigenvalue weighted by Gasteiger charge is 2.06. The van der Waals surface area contributed by atoms with Crippen molar-refractivity contribution in [1.82, 2.24) is 25.5 Å². The van der Waals surface area contributed by atoms with Crippen molar-refractivity contribution in [2.24, 2.45) is 7.05 Å². The van der Waals surface area contributed by atoms with Crippen molar-refractivity contribution in [3.63, 3.8) is 0 Å². The maximum Gasteiger partial charge on any atom is 0.212 e. The lowest BCUT2D eigenvalue weighted by Crippen LogP contribution is -2.17. The molecule has 1 atom stereocenters. The van der Waals surface area contributed by atoms with Crippen LogP contribution < -0.4 is 10.1 Å². The van der Waals surface area contributed by atoms with Gasteiger partial charge in [0.1, 0.15) is 5.75 Å². The first-order chi connectivity index (χ1) is 9.19. The fourth-order valence-corrected chi connectivity index (χ4v) is 1.83. The van der Waals surface area contributed by atoms with Crippen LogP contribution in [0.3, 0.4) is 0 Å². The van der Waals surface area contributed by atoms with E-state index in [0.29, 0.717) is 18.5 Å². The average Bonchev–Trinajstić information content (AvgIpc) is 2.83. The number of tetrazole rings is 1. The highest BCUT2D eigenvalue weighted by molar-refractivity contribution is 5.30. The number of hydrogen-bond donors (Lipinski definition) is 1. The van der Waals surface area contributed by atoms with Gasteiger partial charge < -0.3 is 10.1 Å². The van der Waals surface area contributed by atoms with Gasteiger partial charge in [-0.15, -0.1) is 10.2 Å². The Bertz CT molecular complexity index is 525. The topological polar surface area (TPSA) is 64.9 Å². The molecule has 1 aromatic heterocycles. The summed E-state index contributed by atoms with van der Waals surface area (Å²) in [7, 11) is 1.73. The van der Waals surface area contributed by atoms with Crippen molar-refractivity contribution in [2.45, 2.75) is 26.5 Å². The summed E-state index contributed by atoms with van der Waals surface area (Å²) in [5.41, 5.74) is 1.20. The van der Waals surface area contributed by atoms with Crippen LogP contribution in [0.25, 0.3) is 0 Å². The Balaban J connectivity index is 1.98. The third-order valence-electron chi connectivity index (χ3n) is 2.79. The monoisotopic (exact) mass is 261 g/mol. The molecule has 0 aliphatic carbocycles. The Morgan fingerprint density at radius 1 is 1.42 bits per heavy atom. The van der Waals surface area contributed by atoms with Crippen LogP contribution in [0.15, 0.2) is 24.3 Å². The lowest BCUT2D eigenvalue weighted by molar-refractivity contribution is 0.294. The van der Waals surface area contributed by atoms with E-state index in [1.807, 2.05) is 18.2 Å². The zero-order chi connectivity index (χ0) is 13.7. The van der Waals surface area contributed by atoms with Gasteiger partial charge in [0.15, 0.2) is 6.61 Å². The van der Waals surface area contributed by atoms with Gasteiger partial charge >= 0.3 is 0 Å². The van der Waals surface area contributed by atoms with Crippen LogP contribution in [-0.4, -0.2) is 26.8 Å². The molecule has 0 aliphatic rings. The molecule has 102 valence electrons. The molecule has 0 amide bonds. The van der Waals surface area contributed by atoms with Crippen LogP contribution in [0.2, 0.25) is 0 Å². The summed E-state index contributed by atoms with van der Waals surface area (Å²) in [6.45, 7) is 5.49. The highest BCUT2D eigenvalue weighted by Crippen LogP contribution is 2.19.